The van der Waals surface area contributed by atoms with Crippen LogP contribution in [0.5, 0.6) is 0 Å². The van der Waals surface area contributed by atoms with Crippen LogP contribution in [0.3, 0.4) is 0 Å². The average Bonchev–Trinajstić information content (AvgIpc) is 2.41. The Morgan fingerprint density at radius 2 is 1.95 bits per heavy atom. The molecule has 2 aromatic carbocycles. The van der Waals surface area contributed by atoms with Gasteiger partial charge in [0.1, 0.15) is 5.82 Å². The Morgan fingerprint density at radius 3 is 2.60 bits per heavy atom. The van der Waals surface area contributed by atoms with Gasteiger partial charge in [-0.1, -0.05) is 17.8 Å². The minimum absolute atomic E-state index is 0.119. The SMILES string of the molecule is CNS(=O)(=O)c1ccc(N)c(Sc2cccc(F)c2)c1. The Bertz CT molecular complexity index is 733. The summed E-state index contributed by atoms with van der Waals surface area (Å²) in [6, 6.07) is 10.4. The Hall–Kier alpha value is -1.57. The highest BCUT2D eigenvalue weighted by atomic mass is 32.2. The van der Waals surface area contributed by atoms with Crippen LogP contribution in [0.4, 0.5) is 10.1 Å². The first-order valence-electron chi connectivity index (χ1n) is 5.69. The number of hydrogen-bond donors (Lipinski definition) is 2. The molecule has 0 atom stereocenters. The molecule has 2 rings (SSSR count). The van der Waals surface area contributed by atoms with Crippen LogP contribution in [0.25, 0.3) is 0 Å². The summed E-state index contributed by atoms with van der Waals surface area (Å²) in [6.07, 6.45) is 0. The zero-order chi connectivity index (χ0) is 14.8. The third kappa shape index (κ3) is 3.30. The number of nitrogens with one attached hydrogen (secondary N) is 1. The number of hydrogen-bond acceptors (Lipinski definition) is 4. The van der Waals surface area contributed by atoms with Crippen LogP contribution in [0.15, 0.2) is 57.2 Å². The Labute approximate surface area is 121 Å². The maximum absolute atomic E-state index is 13.1. The van der Waals surface area contributed by atoms with Crippen LogP contribution >= 0.6 is 11.8 Å². The zero-order valence-electron chi connectivity index (χ0n) is 10.6. The molecule has 0 spiro atoms. The number of anilines is 1. The molecule has 0 fully saturated rings. The fourth-order valence-corrected chi connectivity index (χ4v) is 3.32. The van der Waals surface area contributed by atoms with Crippen molar-refractivity contribution in [3.8, 4) is 0 Å². The molecule has 4 nitrogen and oxygen atoms in total. The lowest BCUT2D eigenvalue weighted by Gasteiger charge is -2.09. The lowest BCUT2D eigenvalue weighted by atomic mass is 10.3. The lowest BCUT2D eigenvalue weighted by molar-refractivity contribution is 0.588. The van der Waals surface area contributed by atoms with E-state index in [1.807, 2.05) is 0 Å². The number of benzene rings is 2. The van der Waals surface area contributed by atoms with Gasteiger partial charge >= 0.3 is 0 Å². The van der Waals surface area contributed by atoms with E-state index in [-0.39, 0.29) is 10.7 Å². The van der Waals surface area contributed by atoms with Gasteiger partial charge in [0.2, 0.25) is 10.0 Å². The summed E-state index contributed by atoms with van der Waals surface area (Å²) in [5, 5.41) is 0. The molecule has 0 aliphatic carbocycles. The fourth-order valence-electron chi connectivity index (χ4n) is 1.55. The second-order valence-electron chi connectivity index (χ2n) is 3.97. The van der Waals surface area contributed by atoms with Crippen LogP contribution in [-0.2, 0) is 10.0 Å². The molecule has 20 heavy (non-hydrogen) atoms. The first kappa shape index (κ1) is 14.8. The topological polar surface area (TPSA) is 72.2 Å². The molecule has 0 aliphatic rings. The van der Waals surface area contributed by atoms with E-state index in [0.717, 1.165) is 0 Å². The Kier molecular flexibility index (Phi) is 4.32. The summed E-state index contributed by atoms with van der Waals surface area (Å²) in [4.78, 5) is 1.33. The summed E-state index contributed by atoms with van der Waals surface area (Å²) >= 11 is 1.21. The molecular weight excluding hydrogens is 299 g/mol. The average molecular weight is 312 g/mol. The van der Waals surface area contributed by atoms with Gasteiger partial charge in [0.05, 0.1) is 4.90 Å². The predicted molar refractivity (Wildman–Crippen MR) is 77.6 cm³/mol. The third-order valence-electron chi connectivity index (χ3n) is 2.59. The molecule has 7 heteroatoms. The van der Waals surface area contributed by atoms with Crippen molar-refractivity contribution in [2.45, 2.75) is 14.7 Å². The Morgan fingerprint density at radius 1 is 1.20 bits per heavy atom. The summed E-state index contributed by atoms with van der Waals surface area (Å²) in [6.45, 7) is 0. The van der Waals surface area contributed by atoms with E-state index < -0.39 is 10.0 Å². The highest BCUT2D eigenvalue weighted by Gasteiger charge is 2.13. The number of nitrogens with two attached hydrogens (primary N) is 1. The summed E-state index contributed by atoms with van der Waals surface area (Å²) in [7, 11) is -2.19. The van der Waals surface area contributed by atoms with Gasteiger partial charge in [-0.3, -0.25) is 0 Å². The standard InChI is InChI=1S/C13H13FN2O2S2/c1-16-20(17,18)11-5-6-12(15)13(8-11)19-10-4-2-3-9(14)7-10/h2-8,16H,15H2,1H3. The van der Waals surface area contributed by atoms with E-state index in [4.69, 9.17) is 5.73 Å². The van der Waals surface area contributed by atoms with Crippen LogP contribution in [0.2, 0.25) is 0 Å². The smallest absolute Gasteiger partial charge is 0.240 e. The molecule has 3 N–H and O–H groups in total. The van der Waals surface area contributed by atoms with Crippen molar-refractivity contribution in [3.63, 3.8) is 0 Å². The van der Waals surface area contributed by atoms with Crippen LogP contribution < -0.4 is 10.5 Å². The second-order valence-corrected chi connectivity index (χ2v) is 6.97. The first-order valence-corrected chi connectivity index (χ1v) is 7.99. The quantitative estimate of drug-likeness (QED) is 0.851. The molecule has 0 heterocycles. The van der Waals surface area contributed by atoms with Gasteiger partial charge in [0.15, 0.2) is 0 Å². The van der Waals surface area contributed by atoms with E-state index in [0.29, 0.717) is 15.5 Å². The van der Waals surface area contributed by atoms with Gasteiger partial charge in [-0.15, -0.1) is 0 Å². The van der Waals surface area contributed by atoms with E-state index in [1.54, 1.807) is 12.1 Å². The number of sulfonamides is 1. The minimum atomic E-state index is -3.53. The molecule has 0 aromatic heterocycles. The third-order valence-corrected chi connectivity index (χ3v) is 5.06. The summed E-state index contributed by atoms with van der Waals surface area (Å²) in [5.41, 5.74) is 6.27. The van der Waals surface area contributed by atoms with Gasteiger partial charge in [-0.25, -0.2) is 17.5 Å². The number of nitrogen functional groups attached to an aromatic ring is 1. The van der Waals surface area contributed by atoms with Gasteiger partial charge < -0.3 is 5.73 Å². The van der Waals surface area contributed by atoms with Gasteiger partial charge in [0, 0.05) is 15.5 Å². The largest absolute Gasteiger partial charge is 0.398 e. The lowest BCUT2D eigenvalue weighted by Crippen LogP contribution is -2.18. The molecule has 0 saturated carbocycles. The fraction of sp³-hybridized carbons (Fsp3) is 0.0769. The molecule has 0 saturated heterocycles. The first-order chi connectivity index (χ1) is 9.42. The van der Waals surface area contributed by atoms with Crippen molar-refractivity contribution in [1.82, 2.24) is 4.72 Å². The zero-order valence-corrected chi connectivity index (χ0v) is 12.3. The normalized spacial score (nSPS) is 11.5. The van der Waals surface area contributed by atoms with Crippen molar-refractivity contribution in [2.24, 2.45) is 0 Å². The molecule has 0 unspecified atom stereocenters. The van der Waals surface area contributed by atoms with E-state index >= 15 is 0 Å². The van der Waals surface area contributed by atoms with Crippen molar-refractivity contribution >= 4 is 27.5 Å². The van der Waals surface area contributed by atoms with Gasteiger partial charge in [-0.2, -0.15) is 0 Å². The van der Waals surface area contributed by atoms with Crippen LogP contribution in [0, 0.1) is 5.82 Å². The van der Waals surface area contributed by atoms with Crippen molar-refractivity contribution < 1.29 is 12.8 Å². The monoisotopic (exact) mass is 312 g/mol. The van der Waals surface area contributed by atoms with Crippen molar-refractivity contribution in [3.05, 3.63) is 48.3 Å². The minimum Gasteiger partial charge on any atom is -0.398 e. The van der Waals surface area contributed by atoms with E-state index in [9.17, 15) is 12.8 Å². The van der Waals surface area contributed by atoms with Gasteiger partial charge in [0.25, 0.3) is 0 Å². The Balaban J connectivity index is 2.39. The van der Waals surface area contributed by atoms with E-state index in [1.165, 1.54) is 49.1 Å². The molecule has 2 aromatic rings. The highest BCUT2D eigenvalue weighted by Crippen LogP contribution is 2.33. The van der Waals surface area contributed by atoms with Crippen LogP contribution in [-0.4, -0.2) is 15.5 Å². The molecule has 0 aliphatic heterocycles. The van der Waals surface area contributed by atoms with E-state index in [2.05, 4.69) is 4.72 Å². The second kappa shape index (κ2) is 5.82. The highest BCUT2D eigenvalue weighted by molar-refractivity contribution is 7.99. The summed E-state index contributed by atoms with van der Waals surface area (Å²) in [5.74, 6) is -0.354. The molecule has 0 bridgehead atoms. The van der Waals surface area contributed by atoms with Gasteiger partial charge in [-0.05, 0) is 43.4 Å². The number of rotatable bonds is 4. The molecular formula is C13H13FN2O2S2. The maximum Gasteiger partial charge on any atom is 0.240 e. The van der Waals surface area contributed by atoms with Crippen molar-refractivity contribution in [2.75, 3.05) is 12.8 Å². The number of halogens is 1. The van der Waals surface area contributed by atoms with Crippen molar-refractivity contribution in [1.29, 1.82) is 0 Å². The molecule has 106 valence electrons. The summed E-state index contributed by atoms with van der Waals surface area (Å²) < 4.78 is 38.9. The predicted octanol–water partition coefficient (Wildman–Crippen LogP) is 2.47. The maximum atomic E-state index is 13.1. The molecule has 0 amide bonds. The van der Waals surface area contributed by atoms with Crippen LogP contribution in [0.1, 0.15) is 0 Å². The molecule has 0 radical (unpaired) electrons.